The lowest BCUT2D eigenvalue weighted by Gasteiger charge is -2.23. The van der Waals surface area contributed by atoms with Crippen molar-refractivity contribution < 1.29 is 9.47 Å². The molecule has 200 valence electrons. The van der Waals surface area contributed by atoms with Crippen LogP contribution < -0.4 is 15.0 Å². The van der Waals surface area contributed by atoms with E-state index in [4.69, 9.17) is 9.47 Å². The van der Waals surface area contributed by atoms with Crippen LogP contribution in [0.1, 0.15) is 59.8 Å². The van der Waals surface area contributed by atoms with E-state index in [1.54, 1.807) is 14.2 Å². The van der Waals surface area contributed by atoms with Gasteiger partial charge < -0.3 is 14.5 Å². The van der Waals surface area contributed by atoms with Crippen LogP contribution in [0.5, 0.6) is 11.5 Å². The SMILES string of the molecule is COc1ccc(CCN(Cc2cc3cc(C)c(C)cc3[nH]c2=O)Cc2nnnn2C2CCCC2)cc1OC. The summed E-state index contributed by atoms with van der Waals surface area (Å²) in [6.07, 6.45) is 5.39. The van der Waals surface area contributed by atoms with E-state index in [1.165, 1.54) is 18.4 Å². The molecule has 2 heterocycles. The number of rotatable bonds is 10. The molecule has 5 rings (SSSR count). The van der Waals surface area contributed by atoms with Crippen LogP contribution in [0, 0.1) is 13.8 Å². The van der Waals surface area contributed by atoms with E-state index in [0.717, 1.165) is 59.2 Å². The smallest absolute Gasteiger partial charge is 0.252 e. The standard InChI is InChI=1S/C29H36N6O3/c1-19-13-22-16-23(29(36)30-25(22)14-20(19)2)17-34(12-11-21-9-10-26(37-3)27(15-21)38-4)18-28-31-32-33-35(28)24-7-5-6-8-24/h9-10,13-16,24H,5-8,11-12,17-18H2,1-4H3,(H,30,36). The van der Waals surface area contributed by atoms with Gasteiger partial charge >= 0.3 is 0 Å². The van der Waals surface area contributed by atoms with Crippen LogP contribution in [-0.4, -0.2) is 50.9 Å². The molecular formula is C29H36N6O3. The van der Waals surface area contributed by atoms with Crippen molar-refractivity contribution in [2.24, 2.45) is 0 Å². The van der Waals surface area contributed by atoms with Gasteiger partial charge in [0.25, 0.3) is 5.56 Å². The second-order valence-corrected chi connectivity index (χ2v) is 10.3. The van der Waals surface area contributed by atoms with Gasteiger partial charge in [0, 0.05) is 24.2 Å². The normalized spacial score (nSPS) is 14.0. The summed E-state index contributed by atoms with van der Waals surface area (Å²) in [6, 6.07) is 12.5. The molecule has 2 aromatic heterocycles. The lowest BCUT2D eigenvalue weighted by atomic mass is 10.0. The predicted octanol–water partition coefficient (Wildman–Crippen LogP) is 4.51. The van der Waals surface area contributed by atoms with Gasteiger partial charge in [-0.25, -0.2) is 4.68 Å². The molecule has 9 heteroatoms. The molecule has 1 aliphatic carbocycles. The molecule has 38 heavy (non-hydrogen) atoms. The van der Waals surface area contributed by atoms with Gasteiger partial charge in [0.1, 0.15) is 0 Å². The third-order valence-corrected chi connectivity index (χ3v) is 7.69. The Labute approximate surface area is 222 Å². The van der Waals surface area contributed by atoms with Crippen molar-refractivity contribution in [3.63, 3.8) is 0 Å². The number of pyridine rings is 1. The minimum absolute atomic E-state index is 0.0627. The number of hydrogen-bond acceptors (Lipinski definition) is 7. The maximum absolute atomic E-state index is 13.1. The molecule has 1 fully saturated rings. The molecule has 1 N–H and O–H groups in total. The van der Waals surface area contributed by atoms with Gasteiger partial charge in [-0.05, 0) is 95.9 Å². The van der Waals surface area contributed by atoms with Crippen LogP contribution in [0.4, 0.5) is 0 Å². The van der Waals surface area contributed by atoms with Gasteiger partial charge in [0.15, 0.2) is 17.3 Å². The second-order valence-electron chi connectivity index (χ2n) is 10.3. The van der Waals surface area contributed by atoms with Gasteiger partial charge in [-0.1, -0.05) is 18.9 Å². The molecule has 0 aliphatic heterocycles. The van der Waals surface area contributed by atoms with E-state index in [2.05, 4.69) is 51.4 Å². The van der Waals surface area contributed by atoms with E-state index < -0.39 is 0 Å². The van der Waals surface area contributed by atoms with Crippen LogP contribution in [0.25, 0.3) is 10.9 Å². The van der Waals surface area contributed by atoms with E-state index in [-0.39, 0.29) is 5.56 Å². The summed E-state index contributed by atoms with van der Waals surface area (Å²) in [4.78, 5) is 18.5. The Hall–Kier alpha value is -3.72. The molecule has 9 nitrogen and oxygen atoms in total. The van der Waals surface area contributed by atoms with Gasteiger partial charge in [-0.2, -0.15) is 0 Å². The molecule has 2 aromatic carbocycles. The number of benzene rings is 2. The summed E-state index contributed by atoms with van der Waals surface area (Å²) in [5.74, 6) is 2.25. The number of nitrogens with one attached hydrogen (secondary N) is 1. The van der Waals surface area contributed by atoms with Crippen molar-refractivity contribution in [2.75, 3.05) is 20.8 Å². The van der Waals surface area contributed by atoms with Crippen LogP contribution in [-0.2, 0) is 19.5 Å². The summed E-state index contributed by atoms with van der Waals surface area (Å²) in [5, 5.41) is 13.7. The number of aromatic amines is 1. The molecule has 1 aliphatic rings. The highest BCUT2D eigenvalue weighted by Gasteiger charge is 2.23. The Kier molecular flexibility index (Phi) is 7.74. The molecular weight excluding hydrogens is 480 g/mol. The van der Waals surface area contributed by atoms with Crippen LogP contribution in [0.2, 0.25) is 0 Å². The van der Waals surface area contributed by atoms with Crippen molar-refractivity contribution in [1.29, 1.82) is 0 Å². The largest absolute Gasteiger partial charge is 0.493 e. The average Bonchev–Trinajstić information content (AvgIpc) is 3.61. The fraction of sp³-hybridized carbons (Fsp3) is 0.448. The molecule has 0 bridgehead atoms. The molecule has 0 radical (unpaired) electrons. The number of hydrogen-bond donors (Lipinski definition) is 1. The third-order valence-electron chi connectivity index (χ3n) is 7.69. The molecule has 0 atom stereocenters. The lowest BCUT2D eigenvalue weighted by molar-refractivity contribution is 0.243. The average molecular weight is 517 g/mol. The van der Waals surface area contributed by atoms with E-state index in [1.807, 2.05) is 28.9 Å². The number of aromatic nitrogens is 5. The summed E-state index contributed by atoms with van der Waals surface area (Å²) < 4.78 is 12.9. The van der Waals surface area contributed by atoms with Crippen molar-refractivity contribution in [3.8, 4) is 11.5 Å². The topological polar surface area (TPSA) is 98.2 Å². The Balaban J connectivity index is 1.42. The number of nitrogens with zero attached hydrogens (tertiary/aromatic N) is 5. The zero-order valence-electron chi connectivity index (χ0n) is 22.7. The highest BCUT2D eigenvalue weighted by molar-refractivity contribution is 5.80. The first-order valence-electron chi connectivity index (χ1n) is 13.3. The number of H-pyrrole nitrogens is 1. The highest BCUT2D eigenvalue weighted by Crippen LogP contribution is 2.30. The van der Waals surface area contributed by atoms with Gasteiger partial charge in [-0.3, -0.25) is 9.69 Å². The molecule has 1 saturated carbocycles. The van der Waals surface area contributed by atoms with Crippen molar-refractivity contribution in [3.05, 3.63) is 74.8 Å². The summed E-state index contributed by atoms with van der Waals surface area (Å²) >= 11 is 0. The zero-order chi connectivity index (χ0) is 26.6. The maximum Gasteiger partial charge on any atom is 0.252 e. The number of methoxy groups -OCH3 is 2. The zero-order valence-corrected chi connectivity index (χ0v) is 22.7. The maximum atomic E-state index is 13.1. The predicted molar refractivity (Wildman–Crippen MR) is 147 cm³/mol. The number of fused-ring (bicyclic) bond motifs is 1. The summed E-state index contributed by atoms with van der Waals surface area (Å²) in [5.41, 5.74) is 5.03. The van der Waals surface area contributed by atoms with Gasteiger partial charge in [0.05, 0.1) is 26.8 Å². The minimum atomic E-state index is -0.0627. The van der Waals surface area contributed by atoms with E-state index >= 15 is 0 Å². The number of tetrazole rings is 1. The Morgan fingerprint density at radius 1 is 1.00 bits per heavy atom. The lowest BCUT2D eigenvalue weighted by Crippen LogP contribution is -2.30. The summed E-state index contributed by atoms with van der Waals surface area (Å²) in [7, 11) is 3.28. The van der Waals surface area contributed by atoms with Gasteiger partial charge in [-0.15, -0.1) is 5.10 Å². The summed E-state index contributed by atoms with van der Waals surface area (Å²) in [6.45, 7) is 5.92. The van der Waals surface area contributed by atoms with E-state index in [9.17, 15) is 4.79 Å². The van der Waals surface area contributed by atoms with Crippen LogP contribution in [0.15, 0.2) is 41.2 Å². The first-order chi connectivity index (χ1) is 18.4. The van der Waals surface area contributed by atoms with Crippen molar-refractivity contribution in [2.45, 2.75) is 65.1 Å². The fourth-order valence-electron chi connectivity index (χ4n) is 5.37. The molecule has 0 amide bonds. The molecule has 4 aromatic rings. The number of ether oxygens (including phenoxy) is 2. The highest BCUT2D eigenvalue weighted by atomic mass is 16.5. The second kappa shape index (κ2) is 11.3. The monoisotopic (exact) mass is 516 g/mol. The Morgan fingerprint density at radius 3 is 2.53 bits per heavy atom. The Bertz CT molecular complexity index is 1470. The minimum Gasteiger partial charge on any atom is -0.493 e. The quantitative estimate of drug-likeness (QED) is 0.331. The first kappa shape index (κ1) is 25.9. The molecule has 0 saturated heterocycles. The molecule has 0 unspecified atom stereocenters. The first-order valence-corrected chi connectivity index (χ1v) is 13.3. The third kappa shape index (κ3) is 5.57. The van der Waals surface area contributed by atoms with Crippen molar-refractivity contribution in [1.82, 2.24) is 30.1 Å². The van der Waals surface area contributed by atoms with Crippen molar-refractivity contribution >= 4 is 10.9 Å². The van der Waals surface area contributed by atoms with Crippen LogP contribution in [0.3, 0.4) is 0 Å². The molecule has 0 spiro atoms. The number of aryl methyl sites for hydroxylation is 2. The van der Waals surface area contributed by atoms with Gasteiger partial charge in [0.2, 0.25) is 0 Å². The Morgan fingerprint density at radius 2 is 1.76 bits per heavy atom. The van der Waals surface area contributed by atoms with E-state index in [0.29, 0.717) is 30.6 Å². The van der Waals surface area contributed by atoms with Crippen LogP contribution >= 0.6 is 0 Å². The fourth-order valence-corrected chi connectivity index (χ4v) is 5.37.